The van der Waals surface area contributed by atoms with Crippen LogP contribution >= 0.6 is 0 Å². The van der Waals surface area contributed by atoms with E-state index >= 15 is 0 Å². The van der Waals surface area contributed by atoms with Crippen molar-refractivity contribution in [2.24, 2.45) is 5.92 Å². The molecule has 3 aliphatic rings. The number of hydrogen-bond donors (Lipinski definition) is 2. The van der Waals surface area contributed by atoms with E-state index in [9.17, 15) is 22.8 Å². The molecule has 1 atom stereocenters. The van der Waals surface area contributed by atoms with Crippen LogP contribution in [0.1, 0.15) is 71.7 Å². The van der Waals surface area contributed by atoms with Gasteiger partial charge in [-0.2, -0.15) is 0 Å². The van der Waals surface area contributed by atoms with Gasteiger partial charge in [0.05, 0.1) is 11.3 Å². The number of fused-ring (bicyclic) bond motifs is 2. The molecule has 3 aromatic rings. The van der Waals surface area contributed by atoms with Crippen molar-refractivity contribution in [3.8, 4) is 17.0 Å². The minimum Gasteiger partial charge on any atom is -0.405 e. The number of rotatable bonds is 6. The van der Waals surface area contributed by atoms with Crippen molar-refractivity contribution in [3.05, 3.63) is 41.1 Å². The van der Waals surface area contributed by atoms with Gasteiger partial charge in [-0.1, -0.05) is 12.8 Å². The smallest absolute Gasteiger partial charge is 0.405 e. The average Bonchev–Trinajstić information content (AvgIpc) is 3.32. The topological polar surface area (TPSA) is 115 Å². The van der Waals surface area contributed by atoms with Gasteiger partial charge >= 0.3 is 6.36 Å². The highest BCUT2D eigenvalue weighted by Crippen LogP contribution is 2.42. The van der Waals surface area contributed by atoms with Gasteiger partial charge in [-0.05, 0) is 62.3 Å². The largest absolute Gasteiger partial charge is 0.573 e. The molecule has 1 aromatic carbocycles. The number of nitrogens with zero attached hydrogens (tertiary/aromatic N) is 4. The number of carbonyl (C=O) groups is 2. The Labute approximate surface area is 216 Å². The molecule has 1 unspecified atom stereocenters. The lowest BCUT2D eigenvalue weighted by Crippen LogP contribution is -2.34. The van der Waals surface area contributed by atoms with Gasteiger partial charge in [0.2, 0.25) is 0 Å². The Morgan fingerprint density at radius 2 is 1.95 bits per heavy atom. The molecule has 2 aliphatic carbocycles. The molecule has 2 amide bonds. The van der Waals surface area contributed by atoms with E-state index < -0.39 is 18.0 Å². The Morgan fingerprint density at radius 1 is 1.21 bits per heavy atom. The van der Waals surface area contributed by atoms with Crippen molar-refractivity contribution in [1.29, 1.82) is 0 Å². The van der Waals surface area contributed by atoms with Crippen molar-refractivity contribution in [2.75, 3.05) is 5.73 Å². The number of amides is 2. The number of aromatic nitrogens is 3. The maximum absolute atomic E-state index is 13.4. The molecular formula is C26H27F3N6O3. The van der Waals surface area contributed by atoms with Gasteiger partial charge in [-0.3, -0.25) is 9.59 Å². The summed E-state index contributed by atoms with van der Waals surface area (Å²) < 4.78 is 45.8. The molecule has 3 N–H and O–H groups in total. The Bertz CT molecular complexity index is 1440. The molecule has 200 valence electrons. The summed E-state index contributed by atoms with van der Waals surface area (Å²) in [7, 11) is 0. The van der Waals surface area contributed by atoms with Crippen molar-refractivity contribution >= 4 is 23.3 Å². The number of carbonyl (C=O) groups excluding carboxylic acids is 2. The third-order valence-electron chi connectivity index (χ3n) is 7.75. The van der Waals surface area contributed by atoms with Crippen LogP contribution < -0.4 is 15.8 Å². The summed E-state index contributed by atoms with van der Waals surface area (Å²) in [4.78, 5) is 32.4. The quantitative estimate of drug-likeness (QED) is 0.493. The SMILES string of the molecule is CC(C1CC1)N1Cc2cc(-c3ccn4nc(N)c(C(=O)NC5CCCC5)c4n3)cc(OC(F)(F)F)c2C1=O. The van der Waals surface area contributed by atoms with Crippen molar-refractivity contribution in [2.45, 2.75) is 70.4 Å². The highest BCUT2D eigenvalue weighted by Gasteiger charge is 2.42. The monoisotopic (exact) mass is 528 g/mol. The maximum Gasteiger partial charge on any atom is 0.573 e. The molecule has 0 radical (unpaired) electrons. The summed E-state index contributed by atoms with van der Waals surface area (Å²) in [6, 6.07) is 4.37. The molecule has 0 bridgehead atoms. The van der Waals surface area contributed by atoms with Crippen LogP contribution in [0.15, 0.2) is 24.4 Å². The van der Waals surface area contributed by atoms with Gasteiger partial charge in [0.15, 0.2) is 11.5 Å². The van der Waals surface area contributed by atoms with E-state index in [0.717, 1.165) is 38.5 Å². The number of nitrogen functional groups attached to an aromatic ring is 1. The molecule has 0 spiro atoms. The van der Waals surface area contributed by atoms with Crippen molar-refractivity contribution < 1.29 is 27.5 Å². The minimum absolute atomic E-state index is 0.00972. The van der Waals surface area contributed by atoms with Crippen LogP contribution in [0.5, 0.6) is 5.75 Å². The van der Waals surface area contributed by atoms with Gasteiger partial charge in [0.1, 0.15) is 11.3 Å². The Kier molecular flexibility index (Phi) is 5.73. The van der Waals surface area contributed by atoms with E-state index in [1.807, 2.05) is 6.92 Å². The summed E-state index contributed by atoms with van der Waals surface area (Å²) in [6.07, 6.45) is 2.40. The third kappa shape index (κ3) is 4.41. The fourth-order valence-electron chi connectivity index (χ4n) is 5.61. The molecule has 2 fully saturated rings. The lowest BCUT2D eigenvalue weighted by Gasteiger charge is -2.24. The molecule has 2 aromatic heterocycles. The predicted octanol–water partition coefficient (Wildman–Crippen LogP) is 4.30. The van der Waals surface area contributed by atoms with Crippen LogP contribution in [0, 0.1) is 5.92 Å². The second-order valence-electron chi connectivity index (χ2n) is 10.4. The summed E-state index contributed by atoms with van der Waals surface area (Å²) in [6.45, 7) is 2.11. The van der Waals surface area contributed by atoms with E-state index in [2.05, 4.69) is 20.1 Å². The van der Waals surface area contributed by atoms with Gasteiger partial charge in [0.25, 0.3) is 11.8 Å². The second kappa shape index (κ2) is 8.88. The first-order valence-electron chi connectivity index (χ1n) is 12.8. The molecular weight excluding hydrogens is 501 g/mol. The fraction of sp³-hybridized carbons (Fsp3) is 0.462. The summed E-state index contributed by atoms with van der Waals surface area (Å²) in [5.41, 5.74) is 7.33. The van der Waals surface area contributed by atoms with Crippen LogP contribution in [-0.4, -0.2) is 49.8 Å². The number of nitrogens with one attached hydrogen (secondary N) is 1. The molecule has 1 aliphatic heterocycles. The zero-order valence-electron chi connectivity index (χ0n) is 20.7. The number of anilines is 1. The lowest BCUT2D eigenvalue weighted by molar-refractivity contribution is -0.274. The Balaban J connectivity index is 1.40. The van der Waals surface area contributed by atoms with Crippen LogP contribution in [0.2, 0.25) is 0 Å². The van der Waals surface area contributed by atoms with E-state index in [1.165, 1.54) is 10.6 Å². The Hall–Kier alpha value is -3.83. The van der Waals surface area contributed by atoms with Crippen LogP contribution in [0.4, 0.5) is 19.0 Å². The zero-order valence-corrected chi connectivity index (χ0v) is 20.7. The number of ether oxygens (including phenoxy) is 1. The van der Waals surface area contributed by atoms with Gasteiger partial charge in [0, 0.05) is 30.4 Å². The molecule has 12 heteroatoms. The van der Waals surface area contributed by atoms with E-state index in [0.29, 0.717) is 22.7 Å². The first-order valence-corrected chi connectivity index (χ1v) is 12.8. The van der Waals surface area contributed by atoms with Crippen LogP contribution in [-0.2, 0) is 6.54 Å². The standard InChI is InChI=1S/C26H27F3N6O3/c1-13(14-6-7-14)34-12-16-10-15(11-19(20(16)25(34)37)38-26(27,28)29)18-8-9-35-23(32-18)21(22(30)33-35)24(36)31-17-4-2-3-5-17/h8-11,13-14,17H,2-7,12H2,1H3,(H2,30,33)(H,31,36). The van der Waals surface area contributed by atoms with Gasteiger partial charge in [-0.25, -0.2) is 9.50 Å². The van der Waals surface area contributed by atoms with Crippen molar-refractivity contribution in [1.82, 2.24) is 24.8 Å². The average molecular weight is 529 g/mol. The first kappa shape index (κ1) is 24.5. The van der Waals surface area contributed by atoms with Crippen LogP contribution in [0.25, 0.3) is 16.9 Å². The predicted molar refractivity (Wildman–Crippen MR) is 131 cm³/mol. The molecule has 2 saturated carbocycles. The normalized spacial score (nSPS) is 18.7. The highest BCUT2D eigenvalue weighted by molar-refractivity contribution is 6.05. The van der Waals surface area contributed by atoms with Crippen molar-refractivity contribution in [3.63, 3.8) is 0 Å². The fourth-order valence-corrected chi connectivity index (χ4v) is 5.61. The molecule has 38 heavy (non-hydrogen) atoms. The number of alkyl halides is 3. The van der Waals surface area contributed by atoms with E-state index in [4.69, 9.17) is 5.73 Å². The Morgan fingerprint density at radius 3 is 2.63 bits per heavy atom. The lowest BCUT2D eigenvalue weighted by atomic mass is 10.0. The van der Waals surface area contributed by atoms with Gasteiger partial charge < -0.3 is 20.7 Å². The maximum atomic E-state index is 13.4. The van der Waals surface area contributed by atoms with E-state index in [-0.39, 0.29) is 47.1 Å². The number of nitrogens with two attached hydrogens (primary N) is 1. The summed E-state index contributed by atoms with van der Waals surface area (Å²) in [5, 5.41) is 7.15. The highest BCUT2D eigenvalue weighted by atomic mass is 19.4. The second-order valence-corrected chi connectivity index (χ2v) is 10.4. The van der Waals surface area contributed by atoms with E-state index in [1.54, 1.807) is 23.2 Å². The zero-order chi connectivity index (χ0) is 26.8. The number of benzene rings is 1. The summed E-state index contributed by atoms with van der Waals surface area (Å²) in [5.74, 6) is -1.06. The first-order chi connectivity index (χ1) is 18.1. The molecule has 0 saturated heterocycles. The third-order valence-corrected chi connectivity index (χ3v) is 7.75. The summed E-state index contributed by atoms with van der Waals surface area (Å²) >= 11 is 0. The van der Waals surface area contributed by atoms with Crippen LogP contribution in [0.3, 0.4) is 0 Å². The number of halogens is 3. The molecule has 3 heterocycles. The van der Waals surface area contributed by atoms with Gasteiger partial charge in [-0.15, -0.1) is 18.3 Å². The minimum atomic E-state index is -4.98. The molecule has 6 rings (SSSR count). The molecule has 9 nitrogen and oxygen atoms in total. The number of hydrogen-bond acceptors (Lipinski definition) is 6.